The Bertz CT molecular complexity index is 413. The van der Waals surface area contributed by atoms with Crippen molar-refractivity contribution in [2.75, 3.05) is 29.2 Å². The first-order valence-corrected chi connectivity index (χ1v) is 7.46. The van der Waals surface area contributed by atoms with Gasteiger partial charge in [0.2, 0.25) is 5.91 Å². The lowest BCUT2D eigenvalue weighted by Crippen LogP contribution is -2.29. The Morgan fingerprint density at radius 2 is 1.89 bits per heavy atom. The SMILES string of the molecule is CC(CCl)C(=O)Nc1ccc(N2CCCCC2)cc1. The van der Waals surface area contributed by atoms with Crippen LogP contribution < -0.4 is 10.2 Å². The zero-order valence-electron chi connectivity index (χ0n) is 11.4. The van der Waals surface area contributed by atoms with E-state index in [1.807, 2.05) is 19.1 Å². The Morgan fingerprint density at radius 1 is 1.26 bits per heavy atom. The molecule has 0 aromatic heterocycles. The van der Waals surface area contributed by atoms with Gasteiger partial charge in [-0.25, -0.2) is 0 Å². The Balaban J connectivity index is 1.96. The third-order valence-corrected chi connectivity index (χ3v) is 4.00. The monoisotopic (exact) mass is 280 g/mol. The molecule has 1 aromatic rings. The summed E-state index contributed by atoms with van der Waals surface area (Å²) in [5, 5.41) is 2.88. The van der Waals surface area contributed by atoms with Gasteiger partial charge in [-0.1, -0.05) is 6.92 Å². The number of anilines is 2. The number of hydrogen-bond donors (Lipinski definition) is 1. The van der Waals surface area contributed by atoms with Crippen LogP contribution >= 0.6 is 11.6 Å². The van der Waals surface area contributed by atoms with E-state index in [0.29, 0.717) is 5.88 Å². The number of rotatable bonds is 4. The highest BCUT2D eigenvalue weighted by atomic mass is 35.5. The molecule has 0 aliphatic carbocycles. The summed E-state index contributed by atoms with van der Waals surface area (Å²) in [7, 11) is 0. The average molecular weight is 281 g/mol. The fraction of sp³-hybridized carbons (Fsp3) is 0.533. The highest BCUT2D eigenvalue weighted by Crippen LogP contribution is 2.22. The van der Waals surface area contributed by atoms with Crippen LogP contribution in [0.1, 0.15) is 26.2 Å². The molecular weight excluding hydrogens is 260 g/mol. The minimum absolute atomic E-state index is 0.0271. The number of carbonyl (C=O) groups excluding carboxylic acids is 1. The zero-order valence-corrected chi connectivity index (χ0v) is 12.1. The highest BCUT2D eigenvalue weighted by molar-refractivity contribution is 6.19. The quantitative estimate of drug-likeness (QED) is 0.856. The van der Waals surface area contributed by atoms with Crippen molar-refractivity contribution in [1.82, 2.24) is 0 Å². The molecule has 1 saturated heterocycles. The molecule has 1 heterocycles. The molecule has 0 spiro atoms. The van der Waals surface area contributed by atoms with Crippen LogP contribution in [-0.4, -0.2) is 24.9 Å². The summed E-state index contributed by atoms with van der Waals surface area (Å²) >= 11 is 5.67. The van der Waals surface area contributed by atoms with Crippen LogP contribution in [-0.2, 0) is 4.79 Å². The van der Waals surface area contributed by atoms with Crippen molar-refractivity contribution in [3.63, 3.8) is 0 Å². The predicted molar refractivity (Wildman–Crippen MR) is 81.0 cm³/mol. The van der Waals surface area contributed by atoms with E-state index in [2.05, 4.69) is 22.3 Å². The van der Waals surface area contributed by atoms with Crippen molar-refractivity contribution in [1.29, 1.82) is 0 Å². The summed E-state index contributed by atoms with van der Waals surface area (Å²) in [6.45, 7) is 4.09. The molecule has 4 heteroatoms. The maximum absolute atomic E-state index is 11.7. The first-order valence-electron chi connectivity index (χ1n) is 6.92. The van der Waals surface area contributed by atoms with Gasteiger partial charge in [-0.2, -0.15) is 0 Å². The van der Waals surface area contributed by atoms with Crippen molar-refractivity contribution < 1.29 is 4.79 Å². The van der Waals surface area contributed by atoms with Crippen molar-refractivity contribution in [3.8, 4) is 0 Å². The molecule has 1 fully saturated rings. The molecule has 3 nitrogen and oxygen atoms in total. The van der Waals surface area contributed by atoms with E-state index in [1.165, 1.54) is 24.9 Å². The number of carbonyl (C=O) groups is 1. The van der Waals surface area contributed by atoms with Gasteiger partial charge < -0.3 is 10.2 Å². The second-order valence-electron chi connectivity index (χ2n) is 5.14. The lowest BCUT2D eigenvalue weighted by Gasteiger charge is -2.28. The number of halogens is 1. The van der Waals surface area contributed by atoms with E-state index < -0.39 is 0 Å². The van der Waals surface area contributed by atoms with Gasteiger partial charge in [0.25, 0.3) is 0 Å². The smallest absolute Gasteiger partial charge is 0.228 e. The molecule has 104 valence electrons. The molecule has 0 saturated carbocycles. The molecule has 19 heavy (non-hydrogen) atoms. The van der Waals surface area contributed by atoms with Crippen LogP contribution in [0.25, 0.3) is 0 Å². The molecule has 1 unspecified atom stereocenters. The molecule has 0 bridgehead atoms. The maximum atomic E-state index is 11.7. The van der Waals surface area contributed by atoms with E-state index in [0.717, 1.165) is 18.8 Å². The van der Waals surface area contributed by atoms with Crippen LogP contribution in [0, 0.1) is 5.92 Å². The normalized spacial score (nSPS) is 17.1. The standard InChI is InChI=1S/C15H21ClN2O/c1-12(11-16)15(19)17-13-5-7-14(8-6-13)18-9-3-2-4-10-18/h5-8,12H,2-4,9-11H2,1H3,(H,17,19). The molecule has 1 atom stereocenters. The summed E-state index contributed by atoms with van der Waals surface area (Å²) in [6, 6.07) is 8.07. The highest BCUT2D eigenvalue weighted by Gasteiger charge is 2.13. The van der Waals surface area contributed by atoms with Crippen molar-refractivity contribution in [3.05, 3.63) is 24.3 Å². The number of alkyl halides is 1. The maximum Gasteiger partial charge on any atom is 0.228 e. The van der Waals surface area contributed by atoms with Crippen molar-refractivity contribution in [2.24, 2.45) is 5.92 Å². The first kappa shape index (κ1) is 14.2. The molecule has 0 radical (unpaired) electrons. The largest absolute Gasteiger partial charge is 0.372 e. The van der Waals surface area contributed by atoms with Gasteiger partial charge >= 0.3 is 0 Å². The molecule has 1 aliphatic heterocycles. The van der Waals surface area contributed by atoms with Gasteiger partial charge in [-0.15, -0.1) is 11.6 Å². The lowest BCUT2D eigenvalue weighted by molar-refractivity contribution is -0.118. The molecule has 1 amide bonds. The first-order chi connectivity index (χ1) is 9.20. The second-order valence-corrected chi connectivity index (χ2v) is 5.45. The number of nitrogens with zero attached hydrogens (tertiary/aromatic N) is 1. The Labute approximate surface area is 119 Å². The van der Waals surface area contributed by atoms with Crippen LogP contribution in [0.5, 0.6) is 0 Å². The average Bonchev–Trinajstić information content (AvgIpc) is 2.48. The van der Waals surface area contributed by atoms with E-state index in [9.17, 15) is 4.79 Å². The summed E-state index contributed by atoms with van der Waals surface area (Å²) in [6.07, 6.45) is 3.87. The Hall–Kier alpha value is -1.22. The summed E-state index contributed by atoms with van der Waals surface area (Å²) in [5.74, 6) is 0.154. The summed E-state index contributed by atoms with van der Waals surface area (Å²) < 4.78 is 0. The molecule has 1 aliphatic rings. The third kappa shape index (κ3) is 3.87. The minimum Gasteiger partial charge on any atom is -0.372 e. The lowest BCUT2D eigenvalue weighted by atomic mass is 10.1. The number of hydrogen-bond acceptors (Lipinski definition) is 2. The van der Waals surface area contributed by atoms with E-state index in [1.54, 1.807) is 0 Å². The Kier molecular flexibility index (Phi) is 5.08. The molecule has 1 N–H and O–H groups in total. The minimum atomic E-state index is -0.163. The number of benzene rings is 1. The van der Waals surface area contributed by atoms with Crippen LogP contribution in [0.3, 0.4) is 0 Å². The number of nitrogens with one attached hydrogen (secondary N) is 1. The van der Waals surface area contributed by atoms with Crippen LogP contribution in [0.15, 0.2) is 24.3 Å². The summed E-state index contributed by atoms with van der Waals surface area (Å²) in [4.78, 5) is 14.1. The Morgan fingerprint density at radius 3 is 2.47 bits per heavy atom. The van der Waals surface area contributed by atoms with E-state index in [-0.39, 0.29) is 11.8 Å². The van der Waals surface area contributed by atoms with Crippen LogP contribution in [0.2, 0.25) is 0 Å². The molecule has 2 rings (SSSR count). The van der Waals surface area contributed by atoms with Crippen LogP contribution in [0.4, 0.5) is 11.4 Å². The van der Waals surface area contributed by atoms with E-state index in [4.69, 9.17) is 11.6 Å². The fourth-order valence-corrected chi connectivity index (χ4v) is 2.38. The van der Waals surface area contributed by atoms with Gasteiger partial charge in [0.05, 0.1) is 0 Å². The van der Waals surface area contributed by atoms with E-state index >= 15 is 0 Å². The zero-order chi connectivity index (χ0) is 13.7. The van der Waals surface area contributed by atoms with Gasteiger partial charge in [0.1, 0.15) is 0 Å². The van der Waals surface area contributed by atoms with Gasteiger partial charge in [-0.05, 0) is 43.5 Å². The topological polar surface area (TPSA) is 32.3 Å². The second kappa shape index (κ2) is 6.80. The fourth-order valence-electron chi connectivity index (χ4n) is 2.24. The summed E-state index contributed by atoms with van der Waals surface area (Å²) in [5.41, 5.74) is 2.07. The number of amides is 1. The predicted octanol–water partition coefficient (Wildman–Crippen LogP) is 3.49. The molecular formula is C15H21ClN2O. The number of piperidine rings is 1. The van der Waals surface area contributed by atoms with Gasteiger partial charge in [0, 0.05) is 36.3 Å². The van der Waals surface area contributed by atoms with Gasteiger partial charge in [0.15, 0.2) is 0 Å². The van der Waals surface area contributed by atoms with Crippen molar-refractivity contribution >= 4 is 28.9 Å². The molecule has 1 aromatic carbocycles. The van der Waals surface area contributed by atoms with Crippen molar-refractivity contribution in [2.45, 2.75) is 26.2 Å². The third-order valence-electron chi connectivity index (χ3n) is 3.54. The van der Waals surface area contributed by atoms with Gasteiger partial charge in [-0.3, -0.25) is 4.79 Å².